The van der Waals surface area contributed by atoms with Gasteiger partial charge in [0.1, 0.15) is 16.5 Å². The number of rotatable bonds is 8. The number of aryl methyl sites for hydroxylation is 1. The highest BCUT2D eigenvalue weighted by Gasteiger charge is 2.35. The maximum atomic E-state index is 5.63. The lowest BCUT2D eigenvalue weighted by molar-refractivity contribution is 0.413. The number of aromatic nitrogens is 3. The smallest absolute Gasteiger partial charge is 0.204 e. The summed E-state index contributed by atoms with van der Waals surface area (Å²) in [6.45, 7) is 14.9. The van der Waals surface area contributed by atoms with Crippen LogP contribution in [0.1, 0.15) is 58.8 Å². The molecule has 1 aliphatic heterocycles. The number of anilines is 1. The number of unbranched alkanes of at least 4 members (excludes halogenated alkanes) is 1. The Morgan fingerprint density at radius 2 is 1.94 bits per heavy atom. The Morgan fingerprint density at radius 1 is 1.15 bits per heavy atom. The lowest BCUT2D eigenvalue weighted by atomic mass is 9.87. The molecule has 0 radical (unpaired) electrons. The Hall–Kier alpha value is -3.00. The zero-order valence-electron chi connectivity index (χ0n) is 21.2. The van der Waals surface area contributed by atoms with Gasteiger partial charge in [-0.15, -0.1) is 9.89 Å². The zero-order valence-corrected chi connectivity index (χ0v) is 22.0. The zero-order chi connectivity index (χ0) is 24.5. The molecule has 0 spiro atoms. The summed E-state index contributed by atoms with van der Waals surface area (Å²) in [6.07, 6.45) is 2.37. The van der Waals surface area contributed by atoms with E-state index in [1.807, 2.05) is 25.1 Å². The van der Waals surface area contributed by atoms with Crippen LogP contribution in [0.25, 0.3) is 11.4 Å². The van der Waals surface area contributed by atoms with Gasteiger partial charge in [0.15, 0.2) is 5.82 Å². The van der Waals surface area contributed by atoms with Gasteiger partial charge < -0.3 is 9.64 Å². The predicted octanol–water partition coefficient (Wildman–Crippen LogP) is 6.33. The molecule has 34 heavy (non-hydrogen) atoms. The lowest BCUT2D eigenvalue weighted by Gasteiger charge is -2.20. The fourth-order valence-corrected chi connectivity index (χ4v) is 5.00. The van der Waals surface area contributed by atoms with Crippen molar-refractivity contribution in [1.82, 2.24) is 14.9 Å². The van der Waals surface area contributed by atoms with Gasteiger partial charge in [0.05, 0.1) is 23.4 Å². The van der Waals surface area contributed by atoms with E-state index < -0.39 is 0 Å². The second-order valence-corrected chi connectivity index (χ2v) is 10.5. The molecule has 0 atom stereocenters. The highest BCUT2D eigenvalue weighted by atomic mass is 32.1. The van der Waals surface area contributed by atoms with Gasteiger partial charge in [0, 0.05) is 18.5 Å². The summed E-state index contributed by atoms with van der Waals surface area (Å²) in [5, 5.41) is 11.7. The van der Waals surface area contributed by atoms with Crippen LogP contribution in [0, 0.1) is 12.3 Å². The van der Waals surface area contributed by atoms with Crippen molar-refractivity contribution in [3.8, 4) is 17.1 Å². The fraction of sp³-hybridized carbons (Fsp3) is 0.462. The third kappa shape index (κ3) is 4.64. The first-order valence-electron chi connectivity index (χ1n) is 11.9. The maximum absolute atomic E-state index is 5.63. The molecule has 8 heteroatoms. The summed E-state index contributed by atoms with van der Waals surface area (Å²) >= 11 is 1.71. The van der Waals surface area contributed by atoms with Crippen LogP contribution < -0.4 is 9.64 Å². The highest BCUT2D eigenvalue weighted by Crippen LogP contribution is 2.36. The van der Waals surface area contributed by atoms with Crippen molar-refractivity contribution in [3.05, 3.63) is 41.7 Å². The first kappa shape index (κ1) is 24.1. The van der Waals surface area contributed by atoms with Crippen molar-refractivity contribution >= 4 is 32.8 Å². The Kier molecular flexibility index (Phi) is 6.89. The molecule has 4 rings (SSSR count). The molecule has 1 aromatic carbocycles. The SMILES string of the molecule is CCCCN(CC)c1ccc(/N=C2/C(C(C)(C)C)=Nn3nc(-c4cccc(C)c4OC)nc32)s1. The van der Waals surface area contributed by atoms with Gasteiger partial charge in [-0.25, -0.2) is 9.98 Å². The Labute approximate surface area is 206 Å². The van der Waals surface area contributed by atoms with Crippen molar-refractivity contribution < 1.29 is 4.74 Å². The van der Waals surface area contributed by atoms with Crippen LogP contribution in [0.2, 0.25) is 0 Å². The maximum Gasteiger partial charge on any atom is 0.204 e. The fourth-order valence-electron chi connectivity index (χ4n) is 4.02. The van der Waals surface area contributed by atoms with E-state index in [4.69, 9.17) is 24.9 Å². The molecule has 0 fully saturated rings. The first-order chi connectivity index (χ1) is 16.3. The third-order valence-electron chi connectivity index (χ3n) is 5.86. The minimum atomic E-state index is -0.195. The number of para-hydroxylation sites is 1. The quantitative estimate of drug-likeness (QED) is 0.379. The number of thiophene rings is 1. The van der Waals surface area contributed by atoms with Crippen LogP contribution in [-0.2, 0) is 0 Å². The normalized spacial score (nSPS) is 14.4. The second kappa shape index (κ2) is 9.70. The average molecular weight is 479 g/mol. The van der Waals surface area contributed by atoms with Gasteiger partial charge in [-0.1, -0.05) is 57.6 Å². The van der Waals surface area contributed by atoms with E-state index in [9.17, 15) is 0 Å². The van der Waals surface area contributed by atoms with Gasteiger partial charge in [-0.05, 0) is 44.0 Å². The van der Waals surface area contributed by atoms with E-state index in [0.717, 1.165) is 46.4 Å². The van der Waals surface area contributed by atoms with E-state index in [1.54, 1.807) is 23.2 Å². The highest BCUT2D eigenvalue weighted by molar-refractivity contribution is 7.19. The molecule has 180 valence electrons. The molecule has 0 amide bonds. The summed E-state index contributed by atoms with van der Waals surface area (Å²) in [7, 11) is 1.67. The van der Waals surface area contributed by atoms with Crippen molar-refractivity contribution in [2.45, 2.75) is 54.4 Å². The number of hydrogen-bond acceptors (Lipinski definition) is 7. The summed E-state index contributed by atoms with van der Waals surface area (Å²) in [4.78, 5) is 14.0. The number of benzene rings is 1. The van der Waals surface area contributed by atoms with Crippen LogP contribution in [0.3, 0.4) is 0 Å². The molecule has 7 nitrogen and oxygen atoms in total. The van der Waals surface area contributed by atoms with Gasteiger partial charge in [0.2, 0.25) is 5.82 Å². The van der Waals surface area contributed by atoms with E-state index in [1.165, 1.54) is 17.8 Å². The van der Waals surface area contributed by atoms with Crippen LogP contribution >= 0.6 is 11.3 Å². The van der Waals surface area contributed by atoms with Crippen LogP contribution in [0.5, 0.6) is 5.75 Å². The minimum Gasteiger partial charge on any atom is -0.496 e. The van der Waals surface area contributed by atoms with Crippen molar-refractivity contribution in [2.24, 2.45) is 15.5 Å². The molecule has 1 aliphatic rings. The molecular weight excluding hydrogens is 444 g/mol. The molecule has 2 aromatic heterocycles. The Morgan fingerprint density at radius 3 is 2.62 bits per heavy atom. The molecule has 0 bridgehead atoms. The number of fused-ring (bicyclic) bond motifs is 1. The number of aliphatic imine (C=N–C) groups is 1. The van der Waals surface area contributed by atoms with Gasteiger partial charge in [0.25, 0.3) is 0 Å². The Bertz CT molecular complexity index is 1230. The van der Waals surface area contributed by atoms with Crippen LogP contribution in [0.15, 0.2) is 40.4 Å². The average Bonchev–Trinajstić information content (AvgIpc) is 3.50. The van der Waals surface area contributed by atoms with Crippen LogP contribution in [0.4, 0.5) is 10.0 Å². The summed E-state index contributed by atoms with van der Waals surface area (Å²) in [5.74, 6) is 2.03. The lowest BCUT2D eigenvalue weighted by Crippen LogP contribution is -2.27. The molecule has 0 saturated heterocycles. The van der Waals surface area contributed by atoms with Crippen molar-refractivity contribution in [3.63, 3.8) is 0 Å². The van der Waals surface area contributed by atoms with E-state index in [2.05, 4.69) is 51.7 Å². The number of nitrogens with zero attached hydrogens (tertiary/aromatic N) is 6. The molecule has 0 aliphatic carbocycles. The summed E-state index contributed by atoms with van der Waals surface area (Å²) in [5.41, 5.74) is 3.36. The molecule has 3 heterocycles. The van der Waals surface area contributed by atoms with E-state index >= 15 is 0 Å². The van der Waals surface area contributed by atoms with Crippen molar-refractivity contribution in [2.75, 3.05) is 25.1 Å². The molecular formula is C26H34N6OS. The summed E-state index contributed by atoms with van der Waals surface area (Å²) in [6, 6.07) is 10.2. The topological polar surface area (TPSA) is 67.9 Å². The second-order valence-electron chi connectivity index (χ2n) is 9.51. The minimum absolute atomic E-state index is 0.195. The molecule has 0 N–H and O–H groups in total. The monoisotopic (exact) mass is 478 g/mol. The first-order valence-corrected chi connectivity index (χ1v) is 12.7. The molecule has 0 unspecified atom stereocenters. The number of ether oxygens (including phenoxy) is 1. The number of hydrogen-bond donors (Lipinski definition) is 0. The standard InChI is InChI=1S/C26H34N6OS/c1-8-10-16-31(9-2)20-15-14-19(34-20)27-21-23(26(4,5)6)29-32-25(21)28-24(30-32)18-13-11-12-17(3)22(18)33-7/h11-15H,8-10,16H2,1-7H3/b27-21-. The van der Waals surface area contributed by atoms with Gasteiger partial charge in [-0.3, -0.25) is 0 Å². The van der Waals surface area contributed by atoms with E-state index in [-0.39, 0.29) is 5.41 Å². The number of methoxy groups -OCH3 is 1. The predicted molar refractivity (Wildman–Crippen MR) is 142 cm³/mol. The van der Waals surface area contributed by atoms with Gasteiger partial charge in [-0.2, -0.15) is 5.10 Å². The Balaban J connectivity index is 1.75. The van der Waals surface area contributed by atoms with Gasteiger partial charge >= 0.3 is 0 Å². The summed E-state index contributed by atoms with van der Waals surface area (Å²) < 4.78 is 5.63. The van der Waals surface area contributed by atoms with Crippen LogP contribution in [-0.4, -0.2) is 46.5 Å². The third-order valence-corrected chi connectivity index (χ3v) is 6.90. The van der Waals surface area contributed by atoms with Crippen molar-refractivity contribution in [1.29, 1.82) is 0 Å². The largest absolute Gasteiger partial charge is 0.496 e. The molecule has 3 aromatic rings. The molecule has 0 saturated carbocycles. The van der Waals surface area contributed by atoms with E-state index in [0.29, 0.717) is 11.6 Å².